The molecular weight excluding hydrogens is 394 g/mol. The molecule has 0 aliphatic carbocycles. The molecule has 1 N–H and O–H groups in total. The highest BCUT2D eigenvalue weighted by atomic mass is 16.2. The van der Waals surface area contributed by atoms with Crippen LogP contribution in [0, 0.1) is 11.8 Å². The maximum Gasteiger partial charge on any atom is 0.332 e. The van der Waals surface area contributed by atoms with Gasteiger partial charge in [-0.1, -0.05) is 25.7 Å². The maximum absolute atomic E-state index is 12.9. The molecule has 31 heavy (non-hydrogen) atoms. The Morgan fingerprint density at radius 1 is 1.03 bits per heavy atom. The van der Waals surface area contributed by atoms with E-state index in [4.69, 9.17) is 0 Å². The third-order valence-corrected chi connectivity index (χ3v) is 5.53. The molecule has 0 aromatic carbocycles. The fourth-order valence-electron chi connectivity index (χ4n) is 3.97. The van der Waals surface area contributed by atoms with Crippen LogP contribution in [-0.4, -0.2) is 53.4 Å². The zero-order valence-electron chi connectivity index (χ0n) is 18.2. The number of rotatable bonds is 7. The Morgan fingerprint density at radius 3 is 2.48 bits per heavy atom. The van der Waals surface area contributed by atoms with Gasteiger partial charge in [-0.25, -0.2) is 9.78 Å². The van der Waals surface area contributed by atoms with E-state index in [1.54, 1.807) is 15.4 Å². The fraction of sp³-hybridized carbons (Fsp3) is 0.545. The Hall–Kier alpha value is -3.12. The molecule has 4 heterocycles. The van der Waals surface area contributed by atoms with E-state index in [0.717, 1.165) is 31.6 Å². The number of aromatic nitrogens is 6. The average Bonchev–Trinajstić information content (AvgIpc) is 3.52. The third kappa shape index (κ3) is 4.35. The Kier molecular flexibility index (Phi) is 6.37. The predicted molar refractivity (Wildman–Crippen MR) is 120 cm³/mol. The van der Waals surface area contributed by atoms with Crippen molar-refractivity contribution in [3.8, 4) is 23.2 Å². The van der Waals surface area contributed by atoms with Crippen LogP contribution in [0.5, 0.6) is 0 Å². The second kappa shape index (κ2) is 9.35. The summed E-state index contributed by atoms with van der Waals surface area (Å²) >= 11 is 0. The van der Waals surface area contributed by atoms with Gasteiger partial charge in [0.05, 0.1) is 18.3 Å². The van der Waals surface area contributed by atoms with E-state index in [2.05, 4.69) is 31.8 Å². The standard InChI is InChI=1S/C22H29N7O2/c1-3-9-28-20-18(21(30)29(10-4-2)22(28)31)24-19(25-20)17-15-23-27(16-17)14-8-7-13-26-11-5-6-12-26/h15-16H,3-6,9-14H2,1-2H3,(H,24,25). The molecule has 0 bridgehead atoms. The van der Waals surface area contributed by atoms with E-state index in [0.29, 0.717) is 43.0 Å². The van der Waals surface area contributed by atoms with E-state index in [9.17, 15) is 9.59 Å². The number of aryl methyl sites for hydroxylation is 1. The van der Waals surface area contributed by atoms with Gasteiger partial charge in [0.15, 0.2) is 5.65 Å². The molecule has 0 saturated carbocycles. The van der Waals surface area contributed by atoms with Gasteiger partial charge in [-0.05, 0) is 38.8 Å². The first-order valence-corrected chi connectivity index (χ1v) is 11.1. The molecule has 164 valence electrons. The Bertz CT molecular complexity index is 1230. The van der Waals surface area contributed by atoms with E-state index in [-0.39, 0.29) is 11.2 Å². The highest BCUT2D eigenvalue weighted by Crippen LogP contribution is 2.18. The van der Waals surface area contributed by atoms with Crippen LogP contribution >= 0.6 is 0 Å². The zero-order valence-corrected chi connectivity index (χ0v) is 18.2. The molecule has 9 heteroatoms. The number of nitrogens with one attached hydrogen (secondary N) is 1. The summed E-state index contributed by atoms with van der Waals surface area (Å²) in [6.07, 6.45) is 7.56. The zero-order chi connectivity index (χ0) is 21.8. The number of aromatic amines is 1. The van der Waals surface area contributed by atoms with Crippen LogP contribution in [-0.2, 0) is 19.6 Å². The van der Waals surface area contributed by atoms with Gasteiger partial charge >= 0.3 is 5.69 Å². The van der Waals surface area contributed by atoms with Crippen molar-refractivity contribution in [1.29, 1.82) is 0 Å². The predicted octanol–water partition coefficient (Wildman–Crippen LogP) is 1.67. The van der Waals surface area contributed by atoms with Crippen molar-refractivity contribution in [2.24, 2.45) is 0 Å². The molecule has 9 nitrogen and oxygen atoms in total. The molecule has 0 radical (unpaired) electrons. The van der Waals surface area contributed by atoms with Gasteiger partial charge in [-0.3, -0.25) is 23.5 Å². The number of likely N-dealkylation sites (tertiary alicyclic amines) is 1. The lowest BCUT2D eigenvalue weighted by molar-refractivity contribution is 0.383. The van der Waals surface area contributed by atoms with Crippen molar-refractivity contribution in [1.82, 2.24) is 33.8 Å². The largest absolute Gasteiger partial charge is 0.332 e. The highest BCUT2D eigenvalue weighted by Gasteiger charge is 2.18. The summed E-state index contributed by atoms with van der Waals surface area (Å²) in [5.41, 5.74) is 0.887. The molecule has 1 saturated heterocycles. The minimum atomic E-state index is -0.326. The molecule has 3 aromatic heterocycles. The first-order valence-electron chi connectivity index (χ1n) is 11.1. The van der Waals surface area contributed by atoms with Gasteiger partial charge in [0, 0.05) is 19.3 Å². The minimum Gasteiger partial charge on any atom is -0.332 e. The lowest BCUT2D eigenvalue weighted by Crippen LogP contribution is -2.40. The van der Waals surface area contributed by atoms with Crippen molar-refractivity contribution in [2.45, 2.75) is 59.2 Å². The van der Waals surface area contributed by atoms with Gasteiger partial charge in [-0.2, -0.15) is 5.10 Å². The second-order valence-corrected chi connectivity index (χ2v) is 7.94. The van der Waals surface area contributed by atoms with Crippen molar-refractivity contribution < 1.29 is 0 Å². The Balaban J connectivity index is 1.61. The monoisotopic (exact) mass is 423 g/mol. The summed E-state index contributed by atoms with van der Waals surface area (Å²) in [4.78, 5) is 35.7. The Morgan fingerprint density at radius 2 is 1.74 bits per heavy atom. The number of hydrogen-bond donors (Lipinski definition) is 1. The molecule has 0 unspecified atom stereocenters. The van der Waals surface area contributed by atoms with Crippen molar-refractivity contribution >= 4 is 11.2 Å². The lowest BCUT2D eigenvalue weighted by Gasteiger charge is -2.09. The minimum absolute atomic E-state index is 0.303. The fourth-order valence-corrected chi connectivity index (χ4v) is 3.97. The summed E-state index contributed by atoms with van der Waals surface area (Å²) < 4.78 is 4.63. The smallest absolute Gasteiger partial charge is 0.332 e. The lowest BCUT2D eigenvalue weighted by atomic mass is 10.3. The molecule has 0 spiro atoms. The van der Waals surface area contributed by atoms with Crippen molar-refractivity contribution in [3.05, 3.63) is 33.2 Å². The van der Waals surface area contributed by atoms with Crippen LogP contribution in [0.4, 0.5) is 0 Å². The molecular formula is C22H29N7O2. The molecule has 1 fully saturated rings. The Labute approximate surface area is 180 Å². The summed E-state index contributed by atoms with van der Waals surface area (Å²) in [5, 5.41) is 4.37. The van der Waals surface area contributed by atoms with E-state index < -0.39 is 0 Å². The van der Waals surface area contributed by atoms with Crippen LogP contribution in [0.3, 0.4) is 0 Å². The highest BCUT2D eigenvalue weighted by molar-refractivity contribution is 5.75. The summed E-state index contributed by atoms with van der Waals surface area (Å²) in [6.45, 7) is 8.41. The topological polar surface area (TPSA) is 93.7 Å². The van der Waals surface area contributed by atoms with Crippen LogP contribution in [0.1, 0.15) is 39.5 Å². The number of H-pyrrole nitrogens is 1. The van der Waals surface area contributed by atoms with Gasteiger partial charge in [0.2, 0.25) is 0 Å². The molecule has 1 aliphatic heterocycles. The van der Waals surface area contributed by atoms with E-state index in [1.165, 1.54) is 17.4 Å². The molecule has 4 rings (SSSR count). The number of imidazole rings is 1. The van der Waals surface area contributed by atoms with Gasteiger partial charge in [-0.15, -0.1) is 0 Å². The number of hydrogen-bond acceptors (Lipinski definition) is 5. The van der Waals surface area contributed by atoms with Crippen LogP contribution in [0.25, 0.3) is 22.6 Å². The molecule has 3 aromatic rings. The average molecular weight is 424 g/mol. The normalized spacial score (nSPS) is 14.3. The number of nitrogens with zero attached hydrogens (tertiary/aromatic N) is 6. The SMILES string of the molecule is CCCn1c(=O)c2[nH]c(-c3cnn(CC#CCN4CCCC4)c3)nc2n(CCC)c1=O. The van der Waals surface area contributed by atoms with Crippen molar-refractivity contribution in [2.75, 3.05) is 19.6 Å². The van der Waals surface area contributed by atoms with Crippen LogP contribution < -0.4 is 11.2 Å². The molecule has 0 amide bonds. The second-order valence-electron chi connectivity index (χ2n) is 7.94. The van der Waals surface area contributed by atoms with Gasteiger partial charge in [0.25, 0.3) is 5.56 Å². The summed E-state index contributed by atoms with van der Waals surface area (Å²) in [6, 6.07) is 0. The maximum atomic E-state index is 12.9. The quantitative estimate of drug-likeness (QED) is 0.584. The first-order chi connectivity index (χ1) is 15.1. The van der Waals surface area contributed by atoms with Gasteiger partial charge < -0.3 is 4.98 Å². The summed E-state index contributed by atoms with van der Waals surface area (Å²) in [7, 11) is 0. The molecule has 1 aliphatic rings. The van der Waals surface area contributed by atoms with Gasteiger partial charge in [0.1, 0.15) is 17.9 Å². The first kappa shape index (κ1) is 21.1. The number of fused-ring (bicyclic) bond motifs is 1. The van der Waals surface area contributed by atoms with Crippen LogP contribution in [0.15, 0.2) is 22.0 Å². The van der Waals surface area contributed by atoms with Crippen LogP contribution in [0.2, 0.25) is 0 Å². The van der Waals surface area contributed by atoms with E-state index >= 15 is 0 Å². The van der Waals surface area contributed by atoms with E-state index in [1.807, 2.05) is 20.0 Å². The summed E-state index contributed by atoms with van der Waals surface area (Å²) in [5.74, 6) is 6.90. The third-order valence-electron chi connectivity index (χ3n) is 5.53. The molecule has 0 atom stereocenters. The van der Waals surface area contributed by atoms with Crippen molar-refractivity contribution in [3.63, 3.8) is 0 Å².